The van der Waals surface area contributed by atoms with Gasteiger partial charge in [0, 0.05) is 6.54 Å². The van der Waals surface area contributed by atoms with E-state index >= 15 is 0 Å². The van der Waals surface area contributed by atoms with E-state index in [2.05, 4.69) is 24.5 Å². The van der Waals surface area contributed by atoms with Gasteiger partial charge in [-0.25, -0.2) is 0 Å². The van der Waals surface area contributed by atoms with Gasteiger partial charge in [0.05, 0.1) is 19.0 Å². The maximum Gasteiger partial charge on any atom is 0.233 e. The Balaban J connectivity index is 3.32. The molecule has 1 unspecified atom stereocenters. The van der Waals surface area contributed by atoms with E-state index in [0.717, 1.165) is 13.0 Å². The number of hydrogen-bond donors (Lipinski definition) is 2. The van der Waals surface area contributed by atoms with Crippen LogP contribution < -0.4 is 10.6 Å². The molecule has 0 aromatic carbocycles. The first-order chi connectivity index (χ1) is 6.70. The third kappa shape index (κ3) is 7.56. The van der Waals surface area contributed by atoms with Crippen molar-refractivity contribution in [3.05, 3.63) is 0 Å². The highest BCUT2D eigenvalue weighted by molar-refractivity contribution is 5.77. The smallest absolute Gasteiger partial charge is 0.233 e. The average molecular weight is 197 g/mol. The van der Waals surface area contributed by atoms with E-state index in [-0.39, 0.29) is 5.91 Å². The van der Waals surface area contributed by atoms with Crippen molar-refractivity contribution in [2.75, 3.05) is 19.6 Å². The van der Waals surface area contributed by atoms with Crippen molar-refractivity contribution in [2.24, 2.45) is 5.92 Å². The largest absolute Gasteiger partial charge is 0.354 e. The molecule has 4 heteroatoms. The van der Waals surface area contributed by atoms with Gasteiger partial charge < -0.3 is 10.6 Å². The molecule has 4 nitrogen and oxygen atoms in total. The van der Waals surface area contributed by atoms with E-state index in [4.69, 9.17) is 5.26 Å². The molecule has 0 saturated heterocycles. The summed E-state index contributed by atoms with van der Waals surface area (Å²) in [5.41, 5.74) is 0. The second-order valence-corrected chi connectivity index (χ2v) is 3.40. The summed E-state index contributed by atoms with van der Waals surface area (Å²) in [7, 11) is 0. The number of nitriles is 1. The molecule has 0 fully saturated rings. The number of hydrogen-bond acceptors (Lipinski definition) is 3. The molecule has 0 rings (SSSR count). The Hall–Kier alpha value is -1.08. The van der Waals surface area contributed by atoms with Gasteiger partial charge in [0.15, 0.2) is 0 Å². The van der Waals surface area contributed by atoms with Crippen molar-refractivity contribution >= 4 is 5.91 Å². The van der Waals surface area contributed by atoms with E-state index in [1.807, 2.05) is 6.07 Å². The summed E-state index contributed by atoms with van der Waals surface area (Å²) in [5.74, 6) is 0.561. The van der Waals surface area contributed by atoms with Gasteiger partial charge in [-0.2, -0.15) is 5.26 Å². The quantitative estimate of drug-likeness (QED) is 0.589. The minimum Gasteiger partial charge on any atom is -0.354 e. The lowest BCUT2D eigenvalue weighted by Crippen LogP contribution is -2.35. The highest BCUT2D eigenvalue weighted by Gasteiger charge is 2.01. The van der Waals surface area contributed by atoms with Gasteiger partial charge in [-0.1, -0.05) is 20.3 Å². The highest BCUT2D eigenvalue weighted by Crippen LogP contribution is 1.96. The molecule has 2 N–H and O–H groups in total. The number of nitrogens with zero attached hydrogens (tertiary/aromatic N) is 1. The minimum atomic E-state index is -0.0384. The third-order valence-corrected chi connectivity index (χ3v) is 2.03. The number of carbonyl (C=O) groups is 1. The van der Waals surface area contributed by atoms with Crippen molar-refractivity contribution in [2.45, 2.75) is 26.7 Å². The van der Waals surface area contributed by atoms with Crippen LogP contribution in [-0.4, -0.2) is 25.5 Å². The lowest BCUT2D eigenvalue weighted by Gasteiger charge is -2.09. The van der Waals surface area contributed by atoms with Gasteiger partial charge in [-0.05, 0) is 12.5 Å². The van der Waals surface area contributed by atoms with Crippen LogP contribution in [0.25, 0.3) is 0 Å². The average Bonchev–Trinajstić information content (AvgIpc) is 2.18. The normalized spacial score (nSPS) is 11.8. The molecule has 0 bridgehead atoms. The summed E-state index contributed by atoms with van der Waals surface area (Å²) in [4.78, 5) is 11.1. The predicted molar refractivity (Wildman–Crippen MR) is 55.6 cm³/mol. The zero-order valence-electron chi connectivity index (χ0n) is 8.97. The first-order valence-electron chi connectivity index (χ1n) is 5.05. The Morgan fingerprint density at radius 3 is 2.86 bits per heavy atom. The topological polar surface area (TPSA) is 64.9 Å². The highest BCUT2D eigenvalue weighted by atomic mass is 16.1. The van der Waals surface area contributed by atoms with Gasteiger partial charge in [-0.3, -0.25) is 4.79 Å². The Labute approximate surface area is 85.7 Å². The third-order valence-electron chi connectivity index (χ3n) is 2.03. The SMILES string of the molecule is CCC(C)CNCC(=O)NCCC#N. The van der Waals surface area contributed by atoms with E-state index < -0.39 is 0 Å². The number of amides is 1. The molecule has 1 atom stereocenters. The van der Waals surface area contributed by atoms with Crippen molar-refractivity contribution in [3.8, 4) is 6.07 Å². The summed E-state index contributed by atoms with van der Waals surface area (Å²) in [6.45, 7) is 5.91. The number of nitrogens with one attached hydrogen (secondary N) is 2. The Morgan fingerprint density at radius 2 is 2.29 bits per heavy atom. The van der Waals surface area contributed by atoms with Gasteiger partial charge in [0.1, 0.15) is 0 Å². The fraction of sp³-hybridized carbons (Fsp3) is 0.800. The van der Waals surface area contributed by atoms with Crippen molar-refractivity contribution < 1.29 is 4.79 Å². The molecule has 0 spiro atoms. The minimum absolute atomic E-state index is 0.0384. The molecule has 0 radical (unpaired) electrons. The van der Waals surface area contributed by atoms with Crippen LogP contribution in [0.2, 0.25) is 0 Å². The Bertz CT molecular complexity index is 198. The molecule has 0 aliphatic carbocycles. The zero-order chi connectivity index (χ0) is 10.8. The van der Waals surface area contributed by atoms with E-state index in [1.54, 1.807) is 0 Å². The fourth-order valence-corrected chi connectivity index (χ4v) is 0.897. The van der Waals surface area contributed by atoms with E-state index in [9.17, 15) is 4.79 Å². The van der Waals surface area contributed by atoms with E-state index in [0.29, 0.717) is 25.4 Å². The second kappa shape index (κ2) is 8.52. The summed E-state index contributed by atoms with van der Waals surface area (Å²) in [5, 5.41) is 14.0. The summed E-state index contributed by atoms with van der Waals surface area (Å²) >= 11 is 0. The van der Waals surface area contributed by atoms with Crippen LogP contribution in [0.5, 0.6) is 0 Å². The summed E-state index contributed by atoms with van der Waals surface area (Å²) in [6, 6.07) is 1.97. The summed E-state index contributed by atoms with van der Waals surface area (Å²) in [6.07, 6.45) is 1.49. The Morgan fingerprint density at radius 1 is 1.57 bits per heavy atom. The molecular weight excluding hydrogens is 178 g/mol. The van der Waals surface area contributed by atoms with Crippen molar-refractivity contribution in [1.82, 2.24) is 10.6 Å². The molecule has 0 saturated carbocycles. The van der Waals surface area contributed by atoms with Crippen LogP contribution >= 0.6 is 0 Å². The standard InChI is InChI=1S/C10H19N3O/c1-3-9(2)7-12-8-10(14)13-6-4-5-11/h9,12H,3-4,6-8H2,1-2H3,(H,13,14). The van der Waals surface area contributed by atoms with Crippen LogP contribution in [0.3, 0.4) is 0 Å². The molecule has 14 heavy (non-hydrogen) atoms. The maximum absolute atomic E-state index is 11.1. The molecule has 80 valence electrons. The summed E-state index contributed by atoms with van der Waals surface area (Å²) < 4.78 is 0. The second-order valence-electron chi connectivity index (χ2n) is 3.40. The van der Waals surface area contributed by atoms with Crippen LogP contribution in [0.15, 0.2) is 0 Å². The molecule has 0 heterocycles. The van der Waals surface area contributed by atoms with Crippen LogP contribution in [0, 0.1) is 17.2 Å². The lowest BCUT2D eigenvalue weighted by molar-refractivity contribution is -0.120. The molecule has 0 aliphatic heterocycles. The van der Waals surface area contributed by atoms with E-state index in [1.165, 1.54) is 0 Å². The number of rotatable bonds is 7. The van der Waals surface area contributed by atoms with Crippen molar-refractivity contribution in [1.29, 1.82) is 5.26 Å². The molecule has 1 amide bonds. The monoisotopic (exact) mass is 197 g/mol. The van der Waals surface area contributed by atoms with Gasteiger partial charge in [-0.15, -0.1) is 0 Å². The van der Waals surface area contributed by atoms with Gasteiger partial charge in [0.25, 0.3) is 0 Å². The first-order valence-corrected chi connectivity index (χ1v) is 5.05. The Kier molecular flexibility index (Phi) is 7.86. The van der Waals surface area contributed by atoms with Crippen LogP contribution in [0.1, 0.15) is 26.7 Å². The van der Waals surface area contributed by atoms with Gasteiger partial charge >= 0.3 is 0 Å². The number of carbonyl (C=O) groups excluding carboxylic acids is 1. The van der Waals surface area contributed by atoms with Crippen LogP contribution in [-0.2, 0) is 4.79 Å². The lowest BCUT2D eigenvalue weighted by atomic mass is 10.1. The van der Waals surface area contributed by atoms with Crippen molar-refractivity contribution in [3.63, 3.8) is 0 Å². The predicted octanol–water partition coefficient (Wildman–Crippen LogP) is 0.652. The molecule has 0 aliphatic rings. The fourth-order valence-electron chi connectivity index (χ4n) is 0.897. The molecule has 0 aromatic rings. The molecular formula is C10H19N3O. The zero-order valence-corrected chi connectivity index (χ0v) is 8.97. The van der Waals surface area contributed by atoms with Gasteiger partial charge in [0.2, 0.25) is 5.91 Å². The first kappa shape index (κ1) is 12.9. The maximum atomic E-state index is 11.1. The molecule has 0 aromatic heterocycles. The van der Waals surface area contributed by atoms with Crippen LogP contribution in [0.4, 0.5) is 0 Å².